The lowest BCUT2D eigenvalue weighted by molar-refractivity contribution is -0.130. The van der Waals surface area contributed by atoms with E-state index < -0.39 is 23.0 Å². The molecular formula is C29H40N6O5. The van der Waals surface area contributed by atoms with Crippen molar-refractivity contribution in [1.29, 1.82) is 5.41 Å². The number of benzene rings is 1. The first-order valence-corrected chi connectivity index (χ1v) is 14.1. The van der Waals surface area contributed by atoms with Crippen LogP contribution in [0.5, 0.6) is 5.88 Å². The number of amidine groups is 1. The van der Waals surface area contributed by atoms with Crippen LogP contribution < -0.4 is 22.3 Å². The van der Waals surface area contributed by atoms with Gasteiger partial charge in [0, 0.05) is 25.0 Å². The van der Waals surface area contributed by atoms with Gasteiger partial charge in [0.1, 0.15) is 11.4 Å². The van der Waals surface area contributed by atoms with Crippen LogP contribution in [0, 0.1) is 25.2 Å². The lowest BCUT2D eigenvalue weighted by atomic mass is 9.81. The number of carbonyl (C=O) groups is 2. The highest BCUT2D eigenvalue weighted by atomic mass is 16.3. The highest BCUT2D eigenvalue weighted by Crippen LogP contribution is 2.34. The number of nitrogens with zero attached hydrogens (tertiary/aromatic N) is 3. The van der Waals surface area contributed by atoms with Crippen LogP contribution in [0.25, 0.3) is 0 Å². The summed E-state index contributed by atoms with van der Waals surface area (Å²) >= 11 is 0. The molecule has 3 amide bonds. The number of aromatic hydroxyl groups is 1. The van der Waals surface area contributed by atoms with Crippen LogP contribution in [0.3, 0.4) is 0 Å². The first-order valence-electron chi connectivity index (χ1n) is 14.1. The average Bonchev–Trinajstić information content (AvgIpc) is 2.89. The number of unbranched alkanes of at least 4 members (excludes halogenated alkanes) is 1. The number of carbonyl (C=O) groups excluding carboxylic acids is 2. The minimum absolute atomic E-state index is 0.194. The van der Waals surface area contributed by atoms with Crippen LogP contribution in [-0.2, 0) is 17.9 Å². The summed E-state index contributed by atoms with van der Waals surface area (Å²) in [5, 5.41) is 21.3. The van der Waals surface area contributed by atoms with Crippen molar-refractivity contribution in [2.75, 3.05) is 0 Å². The minimum Gasteiger partial charge on any atom is -0.494 e. The Morgan fingerprint density at radius 2 is 1.80 bits per heavy atom. The number of hydrogen-bond donors (Lipinski definition) is 4. The molecule has 2 aromatic rings. The number of hydrogen-bond acceptors (Lipinski definition) is 6. The first-order chi connectivity index (χ1) is 19.0. The van der Waals surface area contributed by atoms with E-state index in [1.807, 2.05) is 39.0 Å². The van der Waals surface area contributed by atoms with Crippen molar-refractivity contribution in [3.63, 3.8) is 0 Å². The summed E-state index contributed by atoms with van der Waals surface area (Å²) in [7, 11) is 0. The fourth-order valence-corrected chi connectivity index (χ4v) is 5.90. The standard InChI is InChI=1S/C29H40N6O5/c1-4-5-12-33-26(37)24(25(30)31)27(38)35(29(33)40)22-10-8-19(9-11-22)14-21-15-23(36)34(28(39)32-21)16-20-7-6-17(2)18(3)13-20/h6-7,13,19,21-22,37H,4-5,8-12,14-16H2,1-3H3,(H3,30,31)(H,32,39)/t19?,21-,22?/m0/s1. The number of aromatic nitrogens is 2. The van der Waals surface area contributed by atoms with Crippen LogP contribution in [0.1, 0.15) is 86.6 Å². The number of imide groups is 1. The van der Waals surface area contributed by atoms with Gasteiger partial charge >= 0.3 is 11.7 Å². The molecule has 40 heavy (non-hydrogen) atoms. The molecule has 1 aromatic heterocycles. The Morgan fingerprint density at radius 3 is 2.40 bits per heavy atom. The Balaban J connectivity index is 1.40. The summed E-state index contributed by atoms with van der Waals surface area (Å²) < 4.78 is 2.29. The molecule has 1 atom stereocenters. The van der Waals surface area contributed by atoms with E-state index in [9.17, 15) is 24.3 Å². The Labute approximate surface area is 233 Å². The Bertz CT molecular complexity index is 1400. The summed E-state index contributed by atoms with van der Waals surface area (Å²) in [5.74, 6) is -1.09. The van der Waals surface area contributed by atoms with Crippen LogP contribution >= 0.6 is 0 Å². The van der Waals surface area contributed by atoms with Crippen molar-refractivity contribution in [2.24, 2.45) is 11.7 Å². The zero-order valence-electron chi connectivity index (χ0n) is 23.5. The summed E-state index contributed by atoms with van der Waals surface area (Å²) in [6.07, 6.45) is 4.85. The van der Waals surface area contributed by atoms with E-state index in [0.29, 0.717) is 38.5 Å². The highest BCUT2D eigenvalue weighted by molar-refractivity contribution is 5.97. The molecular weight excluding hydrogens is 512 g/mol. The van der Waals surface area contributed by atoms with Crippen molar-refractivity contribution in [3.05, 3.63) is 61.3 Å². The normalized spacial score (nSPS) is 21.4. The van der Waals surface area contributed by atoms with E-state index in [1.165, 1.54) is 4.90 Å². The number of nitrogens with two attached hydrogens (primary N) is 1. The quantitative estimate of drug-likeness (QED) is 0.276. The van der Waals surface area contributed by atoms with Crippen LogP contribution in [0.15, 0.2) is 27.8 Å². The largest absolute Gasteiger partial charge is 0.494 e. The van der Waals surface area contributed by atoms with E-state index in [1.54, 1.807) is 0 Å². The van der Waals surface area contributed by atoms with Crippen LogP contribution in [-0.4, -0.2) is 43.0 Å². The molecule has 11 heteroatoms. The molecule has 1 aliphatic heterocycles. The fourth-order valence-electron chi connectivity index (χ4n) is 5.90. The molecule has 5 N–H and O–H groups in total. The third kappa shape index (κ3) is 5.97. The monoisotopic (exact) mass is 552 g/mol. The molecule has 1 saturated heterocycles. The summed E-state index contributed by atoms with van der Waals surface area (Å²) in [5.41, 5.74) is 7.13. The highest BCUT2D eigenvalue weighted by Gasteiger charge is 2.35. The molecule has 2 fully saturated rings. The van der Waals surface area contributed by atoms with Crippen LogP contribution in [0.2, 0.25) is 0 Å². The Hall–Kier alpha value is -3.89. The lowest BCUT2D eigenvalue weighted by Gasteiger charge is -2.35. The second kappa shape index (κ2) is 12.1. The van der Waals surface area contributed by atoms with Gasteiger partial charge in [-0.3, -0.25) is 29.0 Å². The van der Waals surface area contributed by atoms with Gasteiger partial charge in [-0.2, -0.15) is 0 Å². The molecule has 1 aliphatic carbocycles. The molecule has 1 saturated carbocycles. The van der Waals surface area contributed by atoms with Gasteiger partial charge in [-0.25, -0.2) is 9.59 Å². The van der Waals surface area contributed by atoms with Gasteiger partial charge in [0.2, 0.25) is 11.8 Å². The Kier molecular flexibility index (Phi) is 8.80. The maximum atomic E-state index is 13.2. The Morgan fingerprint density at radius 1 is 1.10 bits per heavy atom. The fraction of sp³-hybridized carbons (Fsp3) is 0.552. The topological polar surface area (TPSA) is 164 Å². The molecule has 11 nitrogen and oxygen atoms in total. The maximum absolute atomic E-state index is 13.2. The predicted molar refractivity (Wildman–Crippen MR) is 152 cm³/mol. The van der Waals surface area contributed by atoms with Gasteiger partial charge in [0.25, 0.3) is 5.56 Å². The number of aryl methyl sites for hydroxylation is 2. The smallest absolute Gasteiger partial charge is 0.334 e. The van der Waals surface area contributed by atoms with E-state index in [-0.39, 0.29) is 55.0 Å². The number of urea groups is 1. The molecule has 0 bridgehead atoms. The van der Waals surface area contributed by atoms with Crippen LogP contribution in [0.4, 0.5) is 4.79 Å². The molecule has 0 spiro atoms. The summed E-state index contributed by atoms with van der Waals surface area (Å²) in [6, 6.07) is 4.91. The molecule has 0 radical (unpaired) electrons. The van der Waals surface area contributed by atoms with Gasteiger partial charge in [0.15, 0.2) is 0 Å². The van der Waals surface area contributed by atoms with E-state index in [2.05, 4.69) is 5.32 Å². The van der Waals surface area contributed by atoms with Gasteiger partial charge in [-0.1, -0.05) is 31.5 Å². The lowest BCUT2D eigenvalue weighted by Crippen LogP contribution is -2.54. The average molecular weight is 553 g/mol. The van der Waals surface area contributed by atoms with Gasteiger partial charge in [0.05, 0.1) is 6.54 Å². The molecule has 1 aromatic carbocycles. The number of nitrogen functional groups attached to an aromatic ring is 1. The second-order valence-electron chi connectivity index (χ2n) is 11.2. The van der Waals surface area contributed by atoms with Crippen molar-refractivity contribution >= 4 is 17.8 Å². The zero-order chi connectivity index (χ0) is 29.1. The first kappa shape index (κ1) is 29.1. The van der Waals surface area contributed by atoms with Gasteiger partial charge in [-0.05, 0) is 75.0 Å². The van der Waals surface area contributed by atoms with Gasteiger partial charge < -0.3 is 16.2 Å². The number of nitrogens with one attached hydrogen (secondary N) is 2. The molecule has 0 unspecified atom stereocenters. The number of amides is 3. The number of rotatable bonds is 9. The van der Waals surface area contributed by atoms with Gasteiger partial charge in [-0.15, -0.1) is 0 Å². The van der Waals surface area contributed by atoms with Crippen molar-refractivity contribution < 1.29 is 14.7 Å². The second-order valence-corrected chi connectivity index (χ2v) is 11.2. The molecule has 216 valence electrons. The van der Waals surface area contributed by atoms with Crippen molar-refractivity contribution in [1.82, 2.24) is 19.4 Å². The van der Waals surface area contributed by atoms with Crippen molar-refractivity contribution in [3.8, 4) is 5.88 Å². The predicted octanol–water partition coefficient (Wildman–Crippen LogP) is 3.05. The SMILES string of the molecule is CCCCn1c(O)c(C(=N)N)c(=O)n(C2CCC(C[C@H]3CC(=O)N(Cc4ccc(C)c(C)c4)C(=O)N3)CC2)c1=O. The molecule has 4 rings (SSSR count). The molecule has 2 heterocycles. The maximum Gasteiger partial charge on any atom is 0.334 e. The zero-order valence-corrected chi connectivity index (χ0v) is 23.5. The van der Waals surface area contributed by atoms with E-state index >= 15 is 0 Å². The minimum atomic E-state index is -0.736. The third-order valence-electron chi connectivity index (χ3n) is 8.36. The van der Waals surface area contributed by atoms with Crippen molar-refractivity contribution in [2.45, 2.75) is 97.3 Å². The third-order valence-corrected chi connectivity index (χ3v) is 8.36. The molecule has 2 aliphatic rings. The van der Waals surface area contributed by atoms with E-state index in [4.69, 9.17) is 11.1 Å². The summed E-state index contributed by atoms with van der Waals surface area (Å²) in [4.78, 5) is 53.3. The van der Waals surface area contributed by atoms with E-state index in [0.717, 1.165) is 32.2 Å². The summed E-state index contributed by atoms with van der Waals surface area (Å²) in [6.45, 7) is 6.45.